The van der Waals surface area contributed by atoms with Crippen molar-refractivity contribution in [2.75, 3.05) is 7.11 Å². The molecule has 1 aliphatic rings. The fourth-order valence-electron chi connectivity index (χ4n) is 3.21. The van der Waals surface area contributed by atoms with Crippen LogP contribution in [0.5, 0.6) is 0 Å². The van der Waals surface area contributed by atoms with Gasteiger partial charge in [-0.25, -0.2) is 4.79 Å². The van der Waals surface area contributed by atoms with E-state index in [-0.39, 0.29) is 23.6 Å². The van der Waals surface area contributed by atoms with E-state index >= 15 is 0 Å². The highest BCUT2D eigenvalue weighted by Gasteiger charge is 2.29. The minimum atomic E-state index is -0.137. The average molecular weight is 353 g/mol. The second kappa shape index (κ2) is 5.67. The maximum Gasteiger partial charge on any atom is 0.326 e. The van der Waals surface area contributed by atoms with Gasteiger partial charge in [0.2, 0.25) is 0 Å². The standard InChI is InChI=1S/C15H17BrN2O3/c1-21-14(19)9-5-7-10(8-6-9)18-12-4-2-3-11(16)13(12)17-15(18)20/h2-4,9-10H,5-8H2,1H3,(H,17,20). The Morgan fingerprint density at radius 1 is 1.33 bits per heavy atom. The molecule has 0 atom stereocenters. The first kappa shape index (κ1) is 14.4. The summed E-state index contributed by atoms with van der Waals surface area (Å²) in [5.74, 6) is -0.165. The fourth-order valence-corrected chi connectivity index (χ4v) is 3.67. The van der Waals surface area contributed by atoms with Crippen molar-refractivity contribution >= 4 is 32.9 Å². The monoisotopic (exact) mass is 352 g/mol. The van der Waals surface area contributed by atoms with Crippen molar-refractivity contribution in [2.45, 2.75) is 31.7 Å². The zero-order valence-corrected chi connectivity index (χ0v) is 13.4. The number of hydrogen-bond acceptors (Lipinski definition) is 3. The lowest BCUT2D eigenvalue weighted by Gasteiger charge is -2.27. The van der Waals surface area contributed by atoms with E-state index in [2.05, 4.69) is 20.9 Å². The van der Waals surface area contributed by atoms with E-state index in [9.17, 15) is 9.59 Å². The summed E-state index contributed by atoms with van der Waals surface area (Å²) in [7, 11) is 1.43. The molecular weight excluding hydrogens is 336 g/mol. The highest BCUT2D eigenvalue weighted by molar-refractivity contribution is 9.10. The molecule has 2 aromatic rings. The smallest absolute Gasteiger partial charge is 0.326 e. The molecule has 21 heavy (non-hydrogen) atoms. The van der Waals surface area contributed by atoms with Crippen molar-refractivity contribution < 1.29 is 9.53 Å². The topological polar surface area (TPSA) is 64.1 Å². The van der Waals surface area contributed by atoms with Gasteiger partial charge in [0.25, 0.3) is 0 Å². The number of nitrogens with one attached hydrogen (secondary N) is 1. The van der Waals surface area contributed by atoms with E-state index in [0.29, 0.717) is 0 Å². The number of para-hydroxylation sites is 1. The predicted molar refractivity (Wildman–Crippen MR) is 83.3 cm³/mol. The number of ether oxygens (including phenoxy) is 1. The number of aromatic nitrogens is 2. The molecule has 1 N–H and O–H groups in total. The highest BCUT2D eigenvalue weighted by atomic mass is 79.9. The molecule has 1 heterocycles. The van der Waals surface area contributed by atoms with Crippen LogP contribution in [0.25, 0.3) is 11.0 Å². The van der Waals surface area contributed by atoms with Crippen LogP contribution in [-0.2, 0) is 9.53 Å². The van der Waals surface area contributed by atoms with E-state index in [0.717, 1.165) is 41.2 Å². The molecule has 0 aliphatic heterocycles. The molecule has 0 unspecified atom stereocenters. The summed E-state index contributed by atoms with van der Waals surface area (Å²) in [6.07, 6.45) is 3.17. The lowest BCUT2D eigenvalue weighted by molar-refractivity contribution is -0.146. The van der Waals surface area contributed by atoms with Gasteiger partial charge in [-0.05, 0) is 53.7 Å². The third kappa shape index (κ3) is 2.52. The maximum absolute atomic E-state index is 12.3. The van der Waals surface area contributed by atoms with Crippen LogP contribution in [0.1, 0.15) is 31.7 Å². The van der Waals surface area contributed by atoms with E-state index in [1.54, 1.807) is 0 Å². The number of nitrogens with zero attached hydrogens (tertiary/aromatic N) is 1. The molecule has 1 fully saturated rings. The van der Waals surface area contributed by atoms with Crippen molar-refractivity contribution in [3.8, 4) is 0 Å². The zero-order valence-electron chi connectivity index (χ0n) is 11.8. The van der Waals surface area contributed by atoms with Crippen molar-refractivity contribution in [2.24, 2.45) is 5.92 Å². The van der Waals surface area contributed by atoms with E-state index in [4.69, 9.17) is 4.74 Å². The highest BCUT2D eigenvalue weighted by Crippen LogP contribution is 2.34. The van der Waals surface area contributed by atoms with Gasteiger partial charge in [-0.3, -0.25) is 9.36 Å². The normalized spacial score (nSPS) is 22.4. The minimum absolute atomic E-state index is 0.0288. The number of imidazole rings is 1. The van der Waals surface area contributed by atoms with Gasteiger partial charge < -0.3 is 9.72 Å². The number of aromatic amines is 1. The lowest BCUT2D eigenvalue weighted by atomic mass is 9.86. The largest absolute Gasteiger partial charge is 0.469 e. The van der Waals surface area contributed by atoms with Crippen molar-refractivity contribution in [3.63, 3.8) is 0 Å². The van der Waals surface area contributed by atoms with Crippen LogP contribution in [0.3, 0.4) is 0 Å². The third-order valence-corrected chi connectivity index (χ3v) is 4.96. The van der Waals surface area contributed by atoms with Crippen molar-refractivity contribution in [1.29, 1.82) is 0 Å². The summed E-state index contributed by atoms with van der Waals surface area (Å²) in [4.78, 5) is 26.7. The van der Waals surface area contributed by atoms with Crippen molar-refractivity contribution in [3.05, 3.63) is 33.2 Å². The van der Waals surface area contributed by atoms with Crippen LogP contribution >= 0.6 is 15.9 Å². The Bertz CT molecular complexity index is 726. The van der Waals surface area contributed by atoms with Gasteiger partial charge in [0.1, 0.15) is 0 Å². The minimum Gasteiger partial charge on any atom is -0.469 e. The Balaban J connectivity index is 1.89. The Morgan fingerprint density at radius 3 is 2.71 bits per heavy atom. The van der Waals surface area contributed by atoms with Crippen LogP contribution in [0, 0.1) is 5.92 Å². The molecule has 0 spiro atoms. The second-order valence-corrected chi connectivity index (χ2v) is 6.32. The van der Waals surface area contributed by atoms with Gasteiger partial charge in [-0.2, -0.15) is 0 Å². The fraction of sp³-hybridized carbons (Fsp3) is 0.467. The number of benzene rings is 1. The number of carbonyl (C=O) groups is 1. The molecule has 0 radical (unpaired) electrons. The van der Waals surface area contributed by atoms with Crippen LogP contribution < -0.4 is 5.69 Å². The summed E-state index contributed by atoms with van der Waals surface area (Å²) in [6, 6.07) is 5.93. The third-order valence-electron chi connectivity index (χ3n) is 4.30. The number of halogens is 1. The molecule has 1 aromatic heterocycles. The second-order valence-electron chi connectivity index (χ2n) is 5.46. The first-order valence-electron chi connectivity index (χ1n) is 7.08. The van der Waals surface area contributed by atoms with Gasteiger partial charge in [0, 0.05) is 10.5 Å². The summed E-state index contributed by atoms with van der Waals surface area (Å²) in [5, 5.41) is 0. The number of carbonyl (C=O) groups excluding carboxylic acids is 1. The Morgan fingerprint density at radius 2 is 2.05 bits per heavy atom. The SMILES string of the molecule is COC(=O)C1CCC(n2c(=O)[nH]c3c(Br)cccc32)CC1. The average Bonchev–Trinajstić information content (AvgIpc) is 2.84. The number of H-pyrrole nitrogens is 1. The van der Waals surface area contributed by atoms with Crippen LogP contribution in [0.15, 0.2) is 27.5 Å². The quantitative estimate of drug-likeness (QED) is 0.845. The molecule has 112 valence electrons. The predicted octanol–water partition coefficient (Wildman–Crippen LogP) is 3.00. The van der Waals surface area contributed by atoms with Gasteiger partial charge in [0.05, 0.1) is 24.1 Å². The molecule has 0 amide bonds. The van der Waals surface area contributed by atoms with E-state index in [1.165, 1.54) is 7.11 Å². The number of esters is 1. The number of fused-ring (bicyclic) bond motifs is 1. The molecule has 0 saturated heterocycles. The van der Waals surface area contributed by atoms with Gasteiger partial charge in [0.15, 0.2) is 0 Å². The van der Waals surface area contributed by atoms with Crippen LogP contribution in [-0.4, -0.2) is 22.6 Å². The van der Waals surface area contributed by atoms with Gasteiger partial charge >= 0.3 is 11.7 Å². The molecule has 1 aromatic carbocycles. The molecule has 6 heteroatoms. The van der Waals surface area contributed by atoms with Gasteiger partial charge in [-0.1, -0.05) is 6.07 Å². The summed E-state index contributed by atoms with van der Waals surface area (Å²) in [5.41, 5.74) is 1.66. The zero-order chi connectivity index (χ0) is 15.0. The molecule has 1 saturated carbocycles. The van der Waals surface area contributed by atoms with E-state index < -0.39 is 0 Å². The van der Waals surface area contributed by atoms with Crippen molar-refractivity contribution in [1.82, 2.24) is 9.55 Å². The first-order chi connectivity index (χ1) is 10.1. The summed E-state index contributed by atoms with van der Waals surface area (Å²) < 4.78 is 7.52. The van der Waals surface area contributed by atoms with Gasteiger partial charge in [-0.15, -0.1) is 0 Å². The van der Waals surface area contributed by atoms with Crippen LogP contribution in [0.2, 0.25) is 0 Å². The number of hydrogen-bond donors (Lipinski definition) is 1. The number of rotatable bonds is 2. The molecule has 1 aliphatic carbocycles. The molecular formula is C15H17BrN2O3. The maximum atomic E-state index is 12.3. The first-order valence-corrected chi connectivity index (χ1v) is 7.87. The van der Waals surface area contributed by atoms with E-state index in [1.807, 2.05) is 22.8 Å². The Labute approximate surface area is 130 Å². The van der Waals surface area contributed by atoms with Crippen LogP contribution in [0.4, 0.5) is 0 Å². The Hall–Kier alpha value is -1.56. The number of methoxy groups -OCH3 is 1. The summed E-state index contributed by atoms with van der Waals surface area (Å²) in [6.45, 7) is 0. The Kier molecular flexibility index (Phi) is 3.89. The molecule has 0 bridgehead atoms. The molecule has 3 rings (SSSR count). The molecule has 5 nitrogen and oxygen atoms in total. The lowest BCUT2D eigenvalue weighted by Crippen LogP contribution is -2.29. The summed E-state index contributed by atoms with van der Waals surface area (Å²) >= 11 is 3.46.